The fraction of sp³-hybridized carbons (Fsp3) is 0.500. The first-order valence-electron chi connectivity index (χ1n) is 10.4. The molecule has 0 radical (unpaired) electrons. The largest absolute Gasteiger partial charge is 0.495 e. The highest BCUT2D eigenvalue weighted by Crippen LogP contribution is 2.37. The summed E-state index contributed by atoms with van der Waals surface area (Å²) in [5.74, 6) is 1.76. The smallest absolute Gasteiger partial charge is 0.410 e. The fourth-order valence-electron chi connectivity index (χ4n) is 3.84. The second kappa shape index (κ2) is 8.94. The number of rotatable bonds is 5. The first kappa shape index (κ1) is 21.9. The van der Waals surface area contributed by atoms with Gasteiger partial charge in [0.25, 0.3) is 0 Å². The van der Waals surface area contributed by atoms with E-state index in [0.717, 1.165) is 23.4 Å². The molecule has 0 saturated heterocycles. The number of nitrogens with zero attached hydrogens (tertiary/aromatic N) is 2. The third kappa shape index (κ3) is 5.04. The van der Waals surface area contributed by atoms with Gasteiger partial charge in [0.2, 0.25) is 0 Å². The maximum atomic E-state index is 12.8. The molecule has 0 unspecified atom stereocenters. The van der Waals surface area contributed by atoms with Gasteiger partial charge in [-0.15, -0.1) is 0 Å². The Balaban J connectivity index is 1.78. The van der Waals surface area contributed by atoms with Crippen LogP contribution < -0.4 is 9.47 Å². The van der Waals surface area contributed by atoms with Gasteiger partial charge in [0.05, 0.1) is 13.2 Å². The number of amides is 1. The van der Waals surface area contributed by atoms with Crippen molar-refractivity contribution in [2.45, 2.75) is 59.3 Å². The van der Waals surface area contributed by atoms with Crippen LogP contribution in [-0.2, 0) is 17.8 Å². The standard InChI is InChI=1S/C24H32N2O4/c1-16(2)22-19-10-9-18(29-15-20-21(28-6)8-7-12-25-20)14-17(19)11-13-26(22)23(27)30-24(3,4)5/h7-10,12,14,16,22H,11,13,15H2,1-6H3/t22-/m0/s1. The van der Waals surface area contributed by atoms with Crippen LogP contribution in [0.2, 0.25) is 0 Å². The summed E-state index contributed by atoms with van der Waals surface area (Å²) >= 11 is 0. The van der Waals surface area contributed by atoms with E-state index in [1.807, 2.05) is 43.9 Å². The van der Waals surface area contributed by atoms with E-state index in [-0.39, 0.29) is 18.1 Å². The first-order valence-corrected chi connectivity index (χ1v) is 10.4. The molecule has 2 aromatic rings. The Bertz CT molecular complexity index is 889. The molecule has 1 aromatic carbocycles. The number of benzene rings is 1. The molecule has 0 spiro atoms. The van der Waals surface area contributed by atoms with E-state index in [0.29, 0.717) is 18.9 Å². The van der Waals surface area contributed by atoms with E-state index in [2.05, 4.69) is 31.0 Å². The van der Waals surface area contributed by atoms with Crippen LogP contribution in [0.15, 0.2) is 36.5 Å². The number of fused-ring (bicyclic) bond motifs is 1. The number of hydrogen-bond acceptors (Lipinski definition) is 5. The molecule has 162 valence electrons. The minimum atomic E-state index is -0.511. The van der Waals surface area contributed by atoms with Crippen LogP contribution in [-0.4, -0.2) is 35.2 Å². The van der Waals surface area contributed by atoms with Crippen molar-refractivity contribution in [1.82, 2.24) is 9.88 Å². The Labute approximate surface area is 179 Å². The maximum Gasteiger partial charge on any atom is 0.410 e. The molecule has 6 nitrogen and oxygen atoms in total. The van der Waals surface area contributed by atoms with Gasteiger partial charge in [0.15, 0.2) is 0 Å². The van der Waals surface area contributed by atoms with Gasteiger partial charge in [-0.25, -0.2) is 4.79 Å². The van der Waals surface area contributed by atoms with Crippen molar-refractivity contribution in [2.24, 2.45) is 5.92 Å². The molecule has 1 aliphatic rings. The zero-order chi connectivity index (χ0) is 21.9. The Hall–Kier alpha value is -2.76. The number of methoxy groups -OCH3 is 1. The minimum absolute atomic E-state index is 0.0199. The normalized spacial score (nSPS) is 16.2. The Morgan fingerprint density at radius 3 is 2.70 bits per heavy atom. The zero-order valence-electron chi connectivity index (χ0n) is 18.8. The predicted octanol–water partition coefficient (Wildman–Crippen LogP) is 5.16. The monoisotopic (exact) mass is 412 g/mol. The molecule has 0 N–H and O–H groups in total. The lowest BCUT2D eigenvalue weighted by atomic mass is 9.86. The first-order chi connectivity index (χ1) is 14.2. The lowest BCUT2D eigenvalue weighted by Gasteiger charge is -2.40. The quantitative estimate of drug-likeness (QED) is 0.679. The van der Waals surface area contributed by atoms with E-state index in [9.17, 15) is 4.79 Å². The van der Waals surface area contributed by atoms with Crippen molar-refractivity contribution in [3.05, 3.63) is 53.3 Å². The zero-order valence-corrected chi connectivity index (χ0v) is 18.8. The van der Waals surface area contributed by atoms with Crippen molar-refractivity contribution in [3.8, 4) is 11.5 Å². The van der Waals surface area contributed by atoms with Gasteiger partial charge in [-0.05, 0) is 68.5 Å². The predicted molar refractivity (Wildman–Crippen MR) is 116 cm³/mol. The molecule has 0 fully saturated rings. The lowest BCUT2D eigenvalue weighted by molar-refractivity contribution is 0.00876. The third-order valence-electron chi connectivity index (χ3n) is 5.09. The third-order valence-corrected chi connectivity index (χ3v) is 5.09. The number of carbonyl (C=O) groups excluding carboxylic acids is 1. The van der Waals surface area contributed by atoms with Crippen LogP contribution in [0.3, 0.4) is 0 Å². The molecule has 1 amide bonds. The average Bonchev–Trinajstić information content (AvgIpc) is 2.69. The molecular weight excluding hydrogens is 380 g/mol. The molecule has 0 aliphatic carbocycles. The molecule has 1 atom stereocenters. The van der Waals surface area contributed by atoms with Crippen molar-refractivity contribution in [1.29, 1.82) is 0 Å². The Morgan fingerprint density at radius 1 is 1.27 bits per heavy atom. The summed E-state index contributed by atoms with van der Waals surface area (Å²) in [5, 5.41) is 0. The molecule has 2 heterocycles. The van der Waals surface area contributed by atoms with E-state index in [1.165, 1.54) is 5.56 Å². The summed E-state index contributed by atoms with van der Waals surface area (Å²) in [4.78, 5) is 19.0. The highest BCUT2D eigenvalue weighted by atomic mass is 16.6. The molecule has 1 aliphatic heterocycles. The maximum absolute atomic E-state index is 12.8. The Morgan fingerprint density at radius 2 is 2.03 bits per heavy atom. The van der Waals surface area contributed by atoms with Crippen molar-refractivity contribution < 1.29 is 19.0 Å². The van der Waals surface area contributed by atoms with Crippen LogP contribution in [0.1, 0.15) is 57.5 Å². The van der Waals surface area contributed by atoms with Crippen molar-refractivity contribution >= 4 is 6.09 Å². The van der Waals surface area contributed by atoms with Gasteiger partial charge in [-0.3, -0.25) is 4.98 Å². The van der Waals surface area contributed by atoms with Gasteiger partial charge in [-0.1, -0.05) is 19.9 Å². The Kier molecular flexibility index (Phi) is 6.54. The number of hydrogen-bond donors (Lipinski definition) is 0. The molecule has 0 bridgehead atoms. The summed E-state index contributed by atoms with van der Waals surface area (Å²) in [6.45, 7) is 10.9. The number of pyridine rings is 1. The average molecular weight is 413 g/mol. The molecule has 3 rings (SSSR count). The number of carbonyl (C=O) groups is 1. The minimum Gasteiger partial charge on any atom is -0.495 e. The lowest BCUT2D eigenvalue weighted by Crippen LogP contribution is -2.44. The summed E-state index contributed by atoms with van der Waals surface area (Å²) in [6.07, 6.45) is 2.24. The molecule has 0 saturated carbocycles. The van der Waals surface area contributed by atoms with Crippen LogP contribution in [0.5, 0.6) is 11.5 Å². The van der Waals surface area contributed by atoms with Crippen molar-refractivity contribution in [2.75, 3.05) is 13.7 Å². The van der Waals surface area contributed by atoms with Gasteiger partial charge in [-0.2, -0.15) is 0 Å². The van der Waals surface area contributed by atoms with Crippen LogP contribution in [0.25, 0.3) is 0 Å². The van der Waals surface area contributed by atoms with Crippen LogP contribution >= 0.6 is 0 Å². The fourth-order valence-corrected chi connectivity index (χ4v) is 3.84. The molecule has 6 heteroatoms. The highest BCUT2D eigenvalue weighted by molar-refractivity contribution is 5.69. The summed E-state index contributed by atoms with van der Waals surface area (Å²) < 4.78 is 17.0. The van der Waals surface area contributed by atoms with Gasteiger partial charge in [0, 0.05) is 12.7 Å². The second-order valence-electron chi connectivity index (χ2n) is 8.91. The van der Waals surface area contributed by atoms with Gasteiger partial charge >= 0.3 is 6.09 Å². The van der Waals surface area contributed by atoms with Crippen molar-refractivity contribution in [3.63, 3.8) is 0 Å². The van der Waals surface area contributed by atoms with Crippen LogP contribution in [0.4, 0.5) is 4.79 Å². The molecule has 1 aromatic heterocycles. The van der Waals surface area contributed by atoms with E-state index < -0.39 is 5.60 Å². The van der Waals surface area contributed by atoms with Gasteiger partial charge in [0.1, 0.15) is 29.4 Å². The SMILES string of the molecule is COc1cccnc1COc1ccc2c(c1)CCN(C(=O)OC(C)(C)C)[C@H]2C(C)C. The summed E-state index contributed by atoms with van der Waals surface area (Å²) in [7, 11) is 1.63. The summed E-state index contributed by atoms with van der Waals surface area (Å²) in [6, 6.07) is 9.80. The van der Waals surface area contributed by atoms with Gasteiger partial charge < -0.3 is 19.1 Å². The summed E-state index contributed by atoms with van der Waals surface area (Å²) in [5.41, 5.74) is 2.61. The number of ether oxygens (including phenoxy) is 3. The molecular formula is C24H32N2O4. The van der Waals surface area contributed by atoms with E-state index in [4.69, 9.17) is 14.2 Å². The topological polar surface area (TPSA) is 60.9 Å². The van der Waals surface area contributed by atoms with E-state index in [1.54, 1.807) is 13.3 Å². The highest BCUT2D eigenvalue weighted by Gasteiger charge is 2.35. The number of aromatic nitrogens is 1. The second-order valence-corrected chi connectivity index (χ2v) is 8.91. The molecule has 30 heavy (non-hydrogen) atoms. The van der Waals surface area contributed by atoms with Crippen LogP contribution in [0, 0.1) is 5.92 Å². The van der Waals surface area contributed by atoms with E-state index >= 15 is 0 Å².